The van der Waals surface area contributed by atoms with Crippen LogP contribution in [-0.4, -0.2) is 25.8 Å². The van der Waals surface area contributed by atoms with Gasteiger partial charge in [0.1, 0.15) is 0 Å². The first-order valence-electron chi connectivity index (χ1n) is 5.02. The zero-order valence-electron chi connectivity index (χ0n) is 9.72. The van der Waals surface area contributed by atoms with E-state index in [4.69, 9.17) is 9.47 Å². The molecule has 0 aliphatic heterocycles. The minimum atomic E-state index is -0.216. The summed E-state index contributed by atoms with van der Waals surface area (Å²) in [5.74, 6) is -0.159. The van der Waals surface area contributed by atoms with E-state index in [9.17, 15) is 4.79 Å². The molecule has 0 N–H and O–H groups in total. The van der Waals surface area contributed by atoms with Gasteiger partial charge in [0.2, 0.25) is 0 Å². The third-order valence-electron chi connectivity index (χ3n) is 4.08. The Bertz CT molecular complexity index is 235. The predicted molar refractivity (Wildman–Crippen MR) is 53.9 cm³/mol. The van der Waals surface area contributed by atoms with Crippen LogP contribution in [0.15, 0.2) is 0 Å². The number of esters is 1. The largest absolute Gasteiger partial charge is 0.469 e. The van der Waals surface area contributed by atoms with Gasteiger partial charge in [-0.1, -0.05) is 13.8 Å². The molecule has 82 valence electrons. The monoisotopic (exact) mass is 200 g/mol. The molecular weight excluding hydrogens is 180 g/mol. The quantitative estimate of drug-likeness (QED) is 0.639. The minimum absolute atomic E-state index is 0.0440. The first-order valence-corrected chi connectivity index (χ1v) is 5.02. The summed E-state index contributed by atoms with van der Waals surface area (Å²) in [6, 6.07) is 0. The molecule has 0 bridgehead atoms. The molecule has 14 heavy (non-hydrogen) atoms. The number of hydrogen-bond acceptors (Lipinski definition) is 3. The Morgan fingerprint density at radius 3 is 2.21 bits per heavy atom. The standard InChI is InChI=1S/C11H20O3/c1-10(2)8(9(12)13-4)6-7-11(10,3)14-5/h8H,6-7H2,1-5H3/t8-,11-/m1/s1. The van der Waals surface area contributed by atoms with Crippen LogP contribution in [0.5, 0.6) is 0 Å². The molecule has 3 heteroatoms. The van der Waals surface area contributed by atoms with Gasteiger partial charge < -0.3 is 9.47 Å². The summed E-state index contributed by atoms with van der Waals surface area (Å²) in [6.07, 6.45) is 1.76. The third-order valence-corrected chi connectivity index (χ3v) is 4.08. The normalized spacial score (nSPS) is 35.6. The van der Waals surface area contributed by atoms with Gasteiger partial charge in [0.05, 0.1) is 18.6 Å². The summed E-state index contributed by atoms with van der Waals surface area (Å²) in [6.45, 7) is 6.21. The predicted octanol–water partition coefficient (Wildman–Crippen LogP) is 2.00. The molecule has 0 aromatic rings. The number of carbonyl (C=O) groups excluding carboxylic acids is 1. The highest BCUT2D eigenvalue weighted by atomic mass is 16.5. The molecule has 0 radical (unpaired) electrons. The van der Waals surface area contributed by atoms with Crippen LogP contribution < -0.4 is 0 Å². The van der Waals surface area contributed by atoms with Gasteiger partial charge in [-0.05, 0) is 19.8 Å². The number of ether oxygens (including phenoxy) is 2. The Morgan fingerprint density at radius 2 is 1.86 bits per heavy atom. The SMILES string of the molecule is COC(=O)[C@H]1CC[C@@](C)(OC)C1(C)C. The van der Waals surface area contributed by atoms with E-state index in [2.05, 4.69) is 20.8 Å². The Morgan fingerprint density at radius 1 is 1.29 bits per heavy atom. The zero-order valence-corrected chi connectivity index (χ0v) is 9.72. The molecule has 0 amide bonds. The second kappa shape index (κ2) is 3.54. The number of hydrogen-bond donors (Lipinski definition) is 0. The lowest BCUT2D eigenvalue weighted by Crippen LogP contribution is -2.44. The molecule has 1 aliphatic carbocycles. The van der Waals surface area contributed by atoms with E-state index in [0.717, 1.165) is 12.8 Å². The van der Waals surface area contributed by atoms with Crippen molar-refractivity contribution in [2.75, 3.05) is 14.2 Å². The average molecular weight is 200 g/mol. The van der Waals surface area contributed by atoms with Crippen LogP contribution in [0.1, 0.15) is 33.6 Å². The molecule has 1 aliphatic rings. The van der Waals surface area contributed by atoms with E-state index in [1.54, 1.807) is 7.11 Å². The molecule has 2 atom stereocenters. The fourth-order valence-corrected chi connectivity index (χ4v) is 2.39. The highest BCUT2D eigenvalue weighted by Crippen LogP contribution is 2.52. The van der Waals surface area contributed by atoms with Gasteiger partial charge in [-0.2, -0.15) is 0 Å². The van der Waals surface area contributed by atoms with Crippen LogP contribution >= 0.6 is 0 Å². The lowest BCUT2D eigenvalue weighted by molar-refractivity contribution is -0.154. The maximum Gasteiger partial charge on any atom is 0.309 e. The fraction of sp³-hybridized carbons (Fsp3) is 0.909. The van der Waals surface area contributed by atoms with E-state index in [-0.39, 0.29) is 22.9 Å². The van der Waals surface area contributed by atoms with E-state index in [0.29, 0.717) is 0 Å². The van der Waals surface area contributed by atoms with Crippen LogP contribution in [0.2, 0.25) is 0 Å². The van der Waals surface area contributed by atoms with Crippen molar-refractivity contribution < 1.29 is 14.3 Å². The Balaban J connectivity index is 2.91. The van der Waals surface area contributed by atoms with E-state index < -0.39 is 0 Å². The number of rotatable bonds is 2. The molecule has 0 heterocycles. The minimum Gasteiger partial charge on any atom is -0.469 e. The van der Waals surface area contributed by atoms with Crippen molar-refractivity contribution in [2.45, 2.75) is 39.2 Å². The maximum atomic E-state index is 11.6. The molecule has 3 nitrogen and oxygen atoms in total. The molecule has 0 saturated heterocycles. The summed E-state index contributed by atoms with van der Waals surface area (Å²) >= 11 is 0. The van der Waals surface area contributed by atoms with Crippen molar-refractivity contribution in [1.82, 2.24) is 0 Å². The highest BCUT2D eigenvalue weighted by Gasteiger charge is 2.55. The van der Waals surface area contributed by atoms with Crippen molar-refractivity contribution in [3.8, 4) is 0 Å². The molecule has 0 spiro atoms. The van der Waals surface area contributed by atoms with Crippen LogP contribution in [0, 0.1) is 11.3 Å². The Labute approximate surface area is 85.8 Å². The summed E-state index contributed by atoms with van der Waals surface area (Å²) in [5, 5.41) is 0. The summed E-state index contributed by atoms with van der Waals surface area (Å²) < 4.78 is 10.3. The van der Waals surface area contributed by atoms with Crippen molar-refractivity contribution in [2.24, 2.45) is 11.3 Å². The van der Waals surface area contributed by atoms with E-state index in [1.807, 2.05) is 0 Å². The summed E-state index contributed by atoms with van der Waals surface area (Å²) in [7, 11) is 3.16. The lowest BCUT2D eigenvalue weighted by atomic mass is 9.73. The lowest BCUT2D eigenvalue weighted by Gasteiger charge is -2.39. The van der Waals surface area contributed by atoms with Crippen LogP contribution in [-0.2, 0) is 14.3 Å². The third kappa shape index (κ3) is 1.44. The smallest absolute Gasteiger partial charge is 0.309 e. The fourth-order valence-electron chi connectivity index (χ4n) is 2.39. The summed E-state index contributed by atoms with van der Waals surface area (Å²) in [5.41, 5.74) is -0.374. The first-order chi connectivity index (χ1) is 6.39. The van der Waals surface area contributed by atoms with Gasteiger partial charge in [-0.3, -0.25) is 4.79 Å². The van der Waals surface area contributed by atoms with Crippen LogP contribution in [0.25, 0.3) is 0 Å². The second-order valence-corrected chi connectivity index (χ2v) is 4.77. The van der Waals surface area contributed by atoms with Gasteiger partial charge in [0, 0.05) is 12.5 Å². The molecule has 1 fully saturated rings. The van der Waals surface area contributed by atoms with Crippen LogP contribution in [0.3, 0.4) is 0 Å². The molecule has 0 unspecified atom stereocenters. The molecular formula is C11H20O3. The number of carbonyl (C=O) groups is 1. The van der Waals surface area contributed by atoms with Crippen molar-refractivity contribution in [1.29, 1.82) is 0 Å². The molecule has 0 aromatic heterocycles. The van der Waals surface area contributed by atoms with E-state index in [1.165, 1.54) is 7.11 Å². The van der Waals surface area contributed by atoms with Crippen molar-refractivity contribution in [3.63, 3.8) is 0 Å². The second-order valence-electron chi connectivity index (χ2n) is 4.77. The summed E-state index contributed by atoms with van der Waals surface area (Å²) in [4.78, 5) is 11.6. The molecule has 1 saturated carbocycles. The van der Waals surface area contributed by atoms with Gasteiger partial charge >= 0.3 is 5.97 Å². The van der Waals surface area contributed by atoms with Crippen LogP contribution in [0.4, 0.5) is 0 Å². The van der Waals surface area contributed by atoms with Crippen molar-refractivity contribution in [3.05, 3.63) is 0 Å². The zero-order chi connectivity index (χ0) is 11.0. The van der Waals surface area contributed by atoms with Gasteiger partial charge in [-0.15, -0.1) is 0 Å². The topological polar surface area (TPSA) is 35.5 Å². The Hall–Kier alpha value is -0.570. The molecule has 0 aromatic carbocycles. The van der Waals surface area contributed by atoms with Crippen molar-refractivity contribution >= 4 is 5.97 Å². The maximum absolute atomic E-state index is 11.6. The first kappa shape index (κ1) is 11.5. The highest BCUT2D eigenvalue weighted by molar-refractivity contribution is 5.74. The van der Waals surface area contributed by atoms with Gasteiger partial charge in [0.15, 0.2) is 0 Å². The molecule has 1 rings (SSSR count). The average Bonchev–Trinajstić information content (AvgIpc) is 2.38. The Kier molecular flexibility index (Phi) is 2.91. The van der Waals surface area contributed by atoms with Gasteiger partial charge in [-0.25, -0.2) is 0 Å². The van der Waals surface area contributed by atoms with Gasteiger partial charge in [0.25, 0.3) is 0 Å². The van der Waals surface area contributed by atoms with E-state index >= 15 is 0 Å². The number of methoxy groups -OCH3 is 2.